The summed E-state index contributed by atoms with van der Waals surface area (Å²) in [5.74, 6) is 0.725. The molecule has 24 heavy (non-hydrogen) atoms. The van der Waals surface area contributed by atoms with Crippen LogP contribution >= 0.6 is 0 Å². The molecule has 2 aliphatic rings. The first-order valence-electron chi connectivity index (χ1n) is 8.04. The van der Waals surface area contributed by atoms with Crippen LogP contribution in [0.5, 0.6) is 0 Å². The fourth-order valence-corrected chi connectivity index (χ4v) is 3.36. The van der Waals surface area contributed by atoms with Crippen LogP contribution < -0.4 is 10.6 Å². The molecule has 7 heteroatoms. The van der Waals surface area contributed by atoms with E-state index in [-0.39, 0.29) is 18.0 Å². The fourth-order valence-electron chi connectivity index (χ4n) is 3.36. The molecule has 2 aliphatic heterocycles. The molecular formula is C17H18N4O3. The summed E-state index contributed by atoms with van der Waals surface area (Å²) in [6, 6.07) is 7.13. The normalized spacial score (nSPS) is 19.3. The van der Waals surface area contributed by atoms with E-state index in [1.54, 1.807) is 11.0 Å². The number of nitrogens with zero attached hydrogens (tertiary/aromatic N) is 2. The Labute approximate surface area is 139 Å². The topological polar surface area (TPSA) is 87.5 Å². The van der Waals surface area contributed by atoms with Gasteiger partial charge in [-0.25, -0.2) is 4.79 Å². The van der Waals surface area contributed by atoms with Crippen LogP contribution in [0.4, 0.5) is 16.2 Å². The standard InChI is InChI=1S/C17H18N4O3/c1-10-7-14(20-24-10)15-3-2-6-21(15)17(23)18-12-4-5-13-11(8-12)9-16(22)19-13/h4-5,7-8,15H,2-3,6,9H2,1H3,(H,18,23)(H,19,22)/t15-/m1/s1. The number of hydrogen-bond donors (Lipinski definition) is 2. The number of nitrogens with one attached hydrogen (secondary N) is 2. The number of urea groups is 1. The monoisotopic (exact) mass is 326 g/mol. The molecule has 2 aromatic rings. The Kier molecular flexibility index (Phi) is 3.48. The molecule has 0 aliphatic carbocycles. The van der Waals surface area contributed by atoms with Gasteiger partial charge in [0.2, 0.25) is 5.91 Å². The van der Waals surface area contributed by atoms with Crippen molar-refractivity contribution in [2.45, 2.75) is 32.2 Å². The Morgan fingerprint density at radius 1 is 1.42 bits per heavy atom. The zero-order chi connectivity index (χ0) is 16.7. The summed E-state index contributed by atoms with van der Waals surface area (Å²) in [6.07, 6.45) is 2.16. The minimum absolute atomic E-state index is 0.0190. The first-order chi connectivity index (χ1) is 11.6. The average molecular weight is 326 g/mol. The predicted molar refractivity (Wildman–Crippen MR) is 87.7 cm³/mol. The Morgan fingerprint density at radius 2 is 2.29 bits per heavy atom. The molecule has 124 valence electrons. The summed E-state index contributed by atoms with van der Waals surface area (Å²) in [6.45, 7) is 2.53. The average Bonchev–Trinajstić information content (AvgIpc) is 3.24. The highest BCUT2D eigenvalue weighted by atomic mass is 16.5. The SMILES string of the molecule is Cc1cc([C@H]2CCCN2C(=O)Nc2ccc3c(c2)CC(=O)N3)no1. The zero-order valence-electron chi connectivity index (χ0n) is 13.3. The lowest BCUT2D eigenvalue weighted by atomic mass is 10.1. The van der Waals surface area contributed by atoms with Gasteiger partial charge in [-0.2, -0.15) is 0 Å². The van der Waals surface area contributed by atoms with Crippen LogP contribution in [-0.4, -0.2) is 28.5 Å². The van der Waals surface area contributed by atoms with E-state index in [2.05, 4.69) is 15.8 Å². The van der Waals surface area contributed by atoms with Crippen molar-refractivity contribution in [3.8, 4) is 0 Å². The van der Waals surface area contributed by atoms with Crippen molar-refractivity contribution < 1.29 is 14.1 Å². The van der Waals surface area contributed by atoms with Crippen LogP contribution in [-0.2, 0) is 11.2 Å². The van der Waals surface area contributed by atoms with Crippen molar-refractivity contribution in [3.63, 3.8) is 0 Å². The predicted octanol–water partition coefficient (Wildman–Crippen LogP) is 2.85. The third-order valence-electron chi connectivity index (χ3n) is 4.48. The molecule has 1 saturated heterocycles. The van der Waals surface area contributed by atoms with Gasteiger partial charge >= 0.3 is 6.03 Å². The number of likely N-dealkylation sites (tertiary alicyclic amines) is 1. The van der Waals surface area contributed by atoms with E-state index >= 15 is 0 Å². The van der Waals surface area contributed by atoms with Crippen molar-refractivity contribution in [1.82, 2.24) is 10.1 Å². The number of fused-ring (bicyclic) bond motifs is 1. The summed E-state index contributed by atoms with van der Waals surface area (Å²) in [4.78, 5) is 25.9. The fraction of sp³-hybridized carbons (Fsp3) is 0.353. The molecule has 1 aromatic carbocycles. The number of rotatable bonds is 2. The van der Waals surface area contributed by atoms with Gasteiger partial charge in [0, 0.05) is 24.0 Å². The first kappa shape index (κ1) is 14.7. The van der Waals surface area contributed by atoms with Gasteiger partial charge in [0.15, 0.2) is 0 Å². The Morgan fingerprint density at radius 3 is 3.08 bits per heavy atom. The Balaban J connectivity index is 1.50. The molecule has 4 rings (SSSR count). The molecule has 0 bridgehead atoms. The molecule has 1 fully saturated rings. The molecule has 0 unspecified atom stereocenters. The van der Waals surface area contributed by atoms with Gasteiger partial charge in [-0.3, -0.25) is 4.79 Å². The highest BCUT2D eigenvalue weighted by Gasteiger charge is 2.32. The molecular weight excluding hydrogens is 308 g/mol. The molecule has 3 amide bonds. The van der Waals surface area contributed by atoms with E-state index in [1.165, 1.54) is 0 Å². The summed E-state index contributed by atoms with van der Waals surface area (Å²) in [7, 11) is 0. The minimum atomic E-state index is -0.157. The maximum atomic E-state index is 12.6. The quantitative estimate of drug-likeness (QED) is 0.888. The second kappa shape index (κ2) is 5.67. The molecule has 2 N–H and O–H groups in total. The summed E-state index contributed by atoms with van der Waals surface area (Å²) >= 11 is 0. The van der Waals surface area contributed by atoms with E-state index < -0.39 is 0 Å². The molecule has 0 saturated carbocycles. The van der Waals surface area contributed by atoms with Crippen LogP contribution in [0.1, 0.15) is 35.9 Å². The third kappa shape index (κ3) is 2.62. The smallest absolute Gasteiger partial charge is 0.322 e. The number of carbonyl (C=O) groups excluding carboxylic acids is 2. The maximum absolute atomic E-state index is 12.6. The van der Waals surface area contributed by atoms with Crippen LogP contribution in [0.2, 0.25) is 0 Å². The molecule has 0 spiro atoms. The number of anilines is 2. The van der Waals surface area contributed by atoms with E-state index in [0.717, 1.165) is 35.5 Å². The van der Waals surface area contributed by atoms with Crippen LogP contribution in [0, 0.1) is 6.92 Å². The number of benzene rings is 1. The van der Waals surface area contributed by atoms with Crippen LogP contribution in [0.15, 0.2) is 28.8 Å². The number of hydrogen-bond acceptors (Lipinski definition) is 4. The Bertz CT molecular complexity index is 814. The van der Waals surface area contributed by atoms with Crippen molar-refractivity contribution in [1.29, 1.82) is 0 Å². The maximum Gasteiger partial charge on any atom is 0.322 e. The summed E-state index contributed by atoms with van der Waals surface area (Å²) < 4.78 is 5.14. The number of aromatic nitrogens is 1. The summed E-state index contributed by atoms with van der Waals surface area (Å²) in [5.41, 5.74) is 3.21. The molecule has 3 heterocycles. The molecule has 1 aromatic heterocycles. The molecule has 1 atom stereocenters. The van der Waals surface area contributed by atoms with Crippen LogP contribution in [0.25, 0.3) is 0 Å². The summed E-state index contributed by atoms with van der Waals surface area (Å²) in [5, 5.41) is 9.76. The third-order valence-corrected chi connectivity index (χ3v) is 4.48. The highest BCUT2D eigenvalue weighted by molar-refractivity contribution is 6.00. The van der Waals surface area contributed by atoms with Crippen molar-refractivity contribution in [2.24, 2.45) is 0 Å². The number of amides is 3. The van der Waals surface area contributed by atoms with Gasteiger partial charge in [0.05, 0.1) is 12.5 Å². The van der Waals surface area contributed by atoms with Crippen LogP contribution in [0.3, 0.4) is 0 Å². The first-order valence-corrected chi connectivity index (χ1v) is 8.04. The van der Waals surface area contributed by atoms with Gasteiger partial charge in [-0.05, 0) is 43.5 Å². The van der Waals surface area contributed by atoms with Crippen molar-refractivity contribution in [3.05, 3.63) is 41.3 Å². The van der Waals surface area contributed by atoms with E-state index in [4.69, 9.17) is 4.52 Å². The lowest BCUT2D eigenvalue weighted by Gasteiger charge is -2.23. The number of aryl methyl sites for hydroxylation is 1. The minimum Gasteiger partial charge on any atom is -0.361 e. The van der Waals surface area contributed by atoms with E-state index in [0.29, 0.717) is 18.7 Å². The van der Waals surface area contributed by atoms with Gasteiger partial charge in [0.1, 0.15) is 11.5 Å². The van der Waals surface area contributed by atoms with Gasteiger partial charge in [-0.15, -0.1) is 0 Å². The molecule has 0 radical (unpaired) electrons. The lowest BCUT2D eigenvalue weighted by Crippen LogP contribution is -2.34. The second-order valence-corrected chi connectivity index (χ2v) is 6.24. The largest absolute Gasteiger partial charge is 0.361 e. The van der Waals surface area contributed by atoms with E-state index in [9.17, 15) is 9.59 Å². The van der Waals surface area contributed by atoms with E-state index in [1.807, 2.05) is 25.1 Å². The molecule has 7 nitrogen and oxygen atoms in total. The lowest BCUT2D eigenvalue weighted by molar-refractivity contribution is -0.115. The number of carbonyl (C=O) groups is 2. The highest BCUT2D eigenvalue weighted by Crippen LogP contribution is 2.32. The van der Waals surface area contributed by atoms with Crippen molar-refractivity contribution >= 4 is 23.3 Å². The van der Waals surface area contributed by atoms with Crippen molar-refractivity contribution in [2.75, 3.05) is 17.2 Å². The van der Waals surface area contributed by atoms with Gasteiger partial charge in [0.25, 0.3) is 0 Å². The zero-order valence-corrected chi connectivity index (χ0v) is 13.3. The Hall–Kier alpha value is -2.83. The second-order valence-electron chi connectivity index (χ2n) is 6.24. The van der Waals surface area contributed by atoms with Gasteiger partial charge < -0.3 is 20.1 Å². The van der Waals surface area contributed by atoms with Gasteiger partial charge in [-0.1, -0.05) is 5.16 Å².